The van der Waals surface area contributed by atoms with E-state index in [0.717, 1.165) is 0 Å². The summed E-state index contributed by atoms with van der Waals surface area (Å²) < 4.78 is 0. The molecule has 2 atom stereocenters. The Morgan fingerprint density at radius 2 is 2.07 bits per heavy atom. The fourth-order valence-electron chi connectivity index (χ4n) is 0.965. The van der Waals surface area contributed by atoms with Gasteiger partial charge in [0.2, 0.25) is 5.91 Å². The molecule has 0 aliphatic rings. The molecule has 88 valence electrons. The minimum absolute atomic E-state index is 0.0740. The second kappa shape index (κ2) is 6.36. The molecule has 0 radical (unpaired) electrons. The van der Waals surface area contributed by atoms with Gasteiger partial charge < -0.3 is 21.1 Å². The molecule has 0 saturated heterocycles. The van der Waals surface area contributed by atoms with Crippen LogP contribution in [0.5, 0.6) is 0 Å². The summed E-state index contributed by atoms with van der Waals surface area (Å²) in [6.45, 7) is 4.26. The van der Waals surface area contributed by atoms with Gasteiger partial charge in [-0.15, -0.1) is 0 Å². The number of likely N-dealkylation sites (N-methyl/N-ethyl adjacent to an activating group) is 1. The number of nitrogens with two attached hydrogens (primary N) is 1. The molecular formula is C9H19N3O3. The highest BCUT2D eigenvalue weighted by Crippen LogP contribution is 1.91. The van der Waals surface area contributed by atoms with E-state index in [0.29, 0.717) is 6.54 Å². The molecule has 4 N–H and O–H groups in total. The van der Waals surface area contributed by atoms with Gasteiger partial charge in [0.25, 0.3) is 0 Å². The topological polar surface area (TPSA) is 95.7 Å². The Labute approximate surface area is 89.4 Å². The lowest BCUT2D eigenvalue weighted by molar-refractivity contribution is -0.139. The summed E-state index contributed by atoms with van der Waals surface area (Å²) in [5, 5.41) is 11.3. The quantitative estimate of drug-likeness (QED) is 0.522. The number of carboxylic acids is 1. The Morgan fingerprint density at radius 3 is 2.47 bits per heavy atom. The number of carbonyl (C=O) groups excluding carboxylic acids is 1. The molecule has 0 aliphatic heterocycles. The zero-order valence-electron chi connectivity index (χ0n) is 9.36. The van der Waals surface area contributed by atoms with Gasteiger partial charge in [0, 0.05) is 20.1 Å². The van der Waals surface area contributed by atoms with Gasteiger partial charge in [0.05, 0.1) is 6.04 Å². The fourth-order valence-corrected chi connectivity index (χ4v) is 0.965. The molecule has 0 bridgehead atoms. The molecule has 6 nitrogen and oxygen atoms in total. The molecule has 15 heavy (non-hydrogen) atoms. The lowest BCUT2D eigenvalue weighted by Crippen LogP contribution is -2.48. The molecule has 0 spiro atoms. The number of nitrogens with one attached hydrogen (secondary N) is 1. The van der Waals surface area contributed by atoms with Gasteiger partial charge in [-0.1, -0.05) is 0 Å². The Morgan fingerprint density at radius 1 is 1.53 bits per heavy atom. The number of carboxylic acid groups (broad SMARTS) is 1. The van der Waals surface area contributed by atoms with Gasteiger partial charge in [-0.2, -0.15) is 0 Å². The van der Waals surface area contributed by atoms with Crippen molar-refractivity contribution >= 4 is 11.9 Å². The van der Waals surface area contributed by atoms with Crippen molar-refractivity contribution in [3.8, 4) is 0 Å². The second-order valence-electron chi connectivity index (χ2n) is 3.43. The predicted molar refractivity (Wildman–Crippen MR) is 56.4 cm³/mol. The van der Waals surface area contributed by atoms with Crippen molar-refractivity contribution in [1.29, 1.82) is 0 Å². The number of nitrogens with zero attached hydrogens (tertiary/aromatic N) is 1. The van der Waals surface area contributed by atoms with Crippen LogP contribution in [0.2, 0.25) is 0 Å². The van der Waals surface area contributed by atoms with E-state index in [1.807, 2.05) is 6.92 Å². The summed E-state index contributed by atoms with van der Waals surface area (Å²) in [6, 6.07) is -1.40. The summed E-state index contributed by atoms with van der Waals surface area (Å²) in [5.41, 5.74) is 5.29. The number of rotatable bonds is 6. The predicted octanol–water partition coefficient (Wildman–Crippen LogP) is -1.15. The summed E-state index contributed by atoms with van der Waals surface area (Å²) in [5.74, 6) is -1.15. The van der Waals surface area contributed by atoms with Crippen LogP contribution < -0.4 is 11.1 Å². The second-order valence-corrected chi connectivity index (χ2v) is 3.43. The van der Waals surface area contributed by atoms with Crippen LogP contribution in [0.15, 0.2) is 0 Å². The van der Waals surface area contributed by atoms with E-state index in [-0.39, 0.29) is 12.5 Å². The third kappa shape index (κ3) is 4.75. The van der Waals surface area contributed by atoms with E-state index in [1.165, 1.54) is 0 Å². The SMILES string of the molecule is CCN(C)C(=O)C(C)NCC(N)C(=O)O. The lowest BCUT2D eigenvalue weighted by Gasteiger charge is -2.21. The zero-order chi connectivity index (χ0) is 12.0. The van der Waals surface area contributed by atoms with Crippen molar-refractivity contribution in [2.45, 2.75) is 25.9 Å². The van der Waals surface area contributed by atoms with Gasteiger partial charge in [-0.3, -0.25) is 9.59 Å². The summed E-state index contributed by atoms with van der Waals surface area (Å²) in [6.07, 6.45) is 0. The van der Waals surface area contributed by atoms with Crippen LogP contribution in [0.1, 0.15) is 13.8 Å². The largest absolute Gasteiger partial charge is 0.480 e. The lowest BCUT2D eigenvalue weighted by atomic mass is 10.2. The number of hydrogen-bond donors (Lipinski definition) is 3. The first-order valence-corrected chi connectivity index (χ1v) is 4.86. The number of aliphatic carboxylic acids is 1. The highest BCUT2D eigenvalue weighted by molar-refractivity contribution is 5.81. The van der Waals surface area contributed by atoms with E-state index >= 15 is 0 Å². The van der Waals surface area contributed by atoms with E-state index in [4.69, 9.17) is 10.8 Å². The monoisotopic (exact) mass is 217 g/mol. The van der Waals surface area contributed by atoms with E-state index < -0.39 is 18.1 Å². The van der Waals surface area contributed by atoms with Crippen molar-refractivity contribution in [1.82, 2.24) is 10.2 Å². The van der Waals surface area contributed by atoms with Gasteiger partial charge in [0.15, 0.2) is 0 Å². The first-order chi connectivity index (χ1) is 6.90. The molecular weight excluding hydrogens is 198 g/mol. The van der Waals surface area contributed by atoms with Gasteiger partial charge in [-0.25, -0.2) is 0 Å². The molecule has 0 aliphatic carbocycles. The Hall–Kier alpha value is -1.14. The van der Waals surface area contributed by atoms with Crippen LogP contribution in [0.25, 0.3) is 0 Å². The van der Waals surface area contributed by atoms with Gasteiger partial charge in [-0.05, 0) is 13.8 Å². The zero-order valence-corrected chi connectivity index (χ0v) is 9.36. The van der Waals surface area contributed by atoms with Crippen molar-refractivity contribution in [2.75, 3.05) is 20.1 Å². The minimum atomic E-state index is -1.08. The van der Waals surface area contributed by atoms with E-state index in [2.05, 4.69) is 5.32 Å². The molecule has 0 aromatic carbocycles. The van der Waals surface area contributed by atoms with Gasteiger partial charge >= 0.3 is 5.97 Å². The molecule has 6 heteroatoms. The Balaban J connectivity index is 3.98. The van der Waals surface area contributed by atoms with Crippen molar-refractivity contribution in [2.24, 2.45) is 5.73 Å². The van der Waals surface area contributed by atoms with Crippen LogP contribution in [0.4, 0.5) is 0 Å². The van der Waals surface area contributed by atoms with Crippen LogP contribution in [-0.4, -0.2) is 54.1 Å². The minimum Gasteiger partial charge on any atom is -0.480 e. The highest BCUT2D eigenvalue weighted by Gasteiger charge is 2.18. The molecule has 0 aromatic heterocycles. The number of amides is 1. The molecule has 0 aromatic rings. The molecule has 0 fully saturated rings. The average molecular weight is 217 g/mol. The molecule has 0 rings (SSSR count). The molecule has 1 amide bonds. The van der Waals surface area contributed by atoms with Gasteiger partial charge in [0.1, 0.15) is 6.04 Å². The first kappa shape index (κ1) is 13.9. The molecule has 0 heterocycles. The van der Waals surface area contributed by atoms with Crippen LogP contribution in [0, 0.1) is 0 Å². The van der Waals surface area contributed by atoms with Crippen LogP contribution >= 0.6 is 0 Å². The summed E-state index contributed by atoms with van der Waals surface area (Å²) in [7, 11) is 1.69. The highest BCUT2D eigenvalue weighted by atomic mass is 16.4. The first-order valence-electron chi connectivity index (χ1n) is 4.86. The summed E-state index contributed by atoms with van der Waals surface area (Å²) >= 11 is 0. The van der Waals surface area contributed by atoms with Crippen LogP contribution in [0.3, 0.4) is 0 Å². The normalized spacial score (nSPS) is 14.4. The third-order valence-corrected chi connectivity index (χ3v) is 2.18. The smallest absolute Gasteiger partial charge is 0.321 e. The van der Waals surface area contributed by atoms with Crippen LogP contribution in [-0.2, 0) is 9.59 Å². The average Bonchev–Trinajstić information content (AvgIpc) is 2.22. The maximum atomic E-state index is 11.5. The number of carbonyl (C=O) groups is 2. The maximum absolute atomic E-state index is 11.5. The molecule has 0 saturated carbocycles. The van der Waals surface area contributed by atoms with E-state index in [9.17, 15) is 9.59 Å². The van der Waals surface area contributed by atoms with E-state index in [1.54, 1.807) is 18.9 Å². The fraction of sp³-hybridized carbons (Fsp3) is 0.778. The Bertz CT molecular complexity index is 233. The number of hydrogen-bond acceptors (Lipinski definition) is 4. The standard InChI is InChI=1S/C9H19N3O3/c1-4-12(3)8(13)6(2)11-5-7(10)9(14)15/h6-7,11H,4-5,10H2,1-3H3,(H,14,15). The summed E-state index contributed by atoms with van der Waals surface area (Å²) in [4.78, 5) is 23.5. The third-order valence-electron chi connectivity index (χ3n) is 2.18. The van der Waals surface area contributed by atoms with Crippen molar-refractivity contribution in [3.05, 3.63) is 0 Å². The Kier molecular flexibility index (Phi) is 5.88. The van der Waals surface area contributed by atoms with Crippen molar-refractivity contribution in [3.63, 3.8) is 0 Å². The van der Waals surface area contributed by atoms with Crippen molar-refractivity contribution < 1.29 is 14.7 Å². The maximum Gasteiger partial charge on any atom is 0.321 e. The molecule has 2 unspecified atom stereocenters.